The van der Waals surface area contributed by atoms with Gasteiger partial charge in [0.15, 0.2) is 0 Å². The Bertz CT molecular complexity index is 415. The molecule has 0 radical (unpaired) electrons. The number of benzene rings is 1. The van der Waals surface area contributed by atoms with Gasteiger partial charge in [-0.3, -0.25) is 0 Å². The van der Waals surface area contributed by atoms with Gasteiger partial charge in [-0.05, 0) is 56.0 Å². The number of halogens is 1. The molecule has 3 heteroatoms. The normalized spacial score (nSPS) is 14.6. The Labute approximate surface area is 132 Å². The van der Waals surface area contributed by atoms with Crippen LogP contribution in [0.4, 0.5) is 5.69 Å². The fraction of sp³-hybridized carbons (Fsp3) is 0.647. The maximum atomic E-state index is 3.61. The first-order chi connectivity index (χ1) is 9.76. The van der Waals surface area contributed by atoms with Crippen LogP contribution in [0.2, 0.25) is 0 Å². The van der Waals surface area contributed by atoms with Gasteiger partial charge in [-0.1, -0.05) is 36.2 Å². The third-order valence-corrected chi connectivity index (χ3v) is 4.33. The van der Waals surface area contributed by atoms with Crippen LogP contribution in [0, 0.1) is 0 Å². The predicted octanol–water partition coefficient (Wildman–Crippen LogP) is 4.72. The zero-order valence-electron chi connectivity index (χ0n) is 12.8. The summed E-state index contributed by atoms with van der Waals surface area (Å²) in [7, 11) is 0. The number of hydrogen-bond acceptors (Lipinski definition) is 2. The highest BCUT2D eigenvalue weighted by atomic mass is 79.9. The van der Waals surface area contributed by atoms with Gasteiger partial charge in [0.2, 0.25) is 0 Å². The smallest absolute Gasteiger partial charge is 0.0415 e. The van der Waals surface area contributed by atoms with Crippen molar-refractivity contribution in [3.8, 4) is 0 Å². The summed E-state index contributed by atoms with van der Waals surface area (Å²) in [5.74, 6) is 0. The van der Waals surface area contributed by atoms with E-state index in [4.69, 9.17) is 0 Å². The number of unbranched alkanes of at least 4 members (excludes halogenated alkanes) is 1. The summed E-state index contributed by atoms with van der Waals surface area (Å²) in [5.41, 5.74) is 2.86. The van der Waals surface area contributed by atoms with E-state index in [-0.39, 0.29) is 0 Å². The molecule has 1 N–H and O–H groups in total. The Morgan fingerprint density at radius 2 is 2.05 bits per heavy atom. The Morgan fingerprint density at radius 1 is 1.25 bits per heavy atom. The van der Waals surface area contributed by atoms with Crippen LogP contribution in [0.3, 0.4) is 0 Å². The van der Waals surface area contributed by atoms with Gasteiger partial charge in [0.1, 0.15) is 0 Å². The maximum absolute atomic E-state index is 3.61. The lowest BCUT2D eigenvalue weighted by Gasteiger charge is -2.27. The third kappa shape index (κ3) is 4.49. The number of rotatable bonds is 9. The van der Waals surface area contributed by atoms with Crippen LogP contribution in [0.15, 0.2) is 22.7 Å². The molecule has 1 aliphatic rings. The van der Waals surface area contributed by atoms with Crippen LogP contribution < -0.4 is 10.2 Å². The van der Waals surface area contributed by atoms with Crippen molar-refractivity contribution in [1.82, 2.24) is 5.32 Å². The van der Waals surface area contributed by atoms with Crippen molar-refractivity contribution in [2.24, 2.45) is 0 Å². The molecule has 0 bridgehead atoms. The average molecular weight is 339 g/mol. The lowest BCUT2D eigenvalue weighted by Crippen LogP contribution is -2.28. The molecule has 1 fully saturated rings. The zero-order valence-corrected chi connectivity index (χ0v) is 14.4. The van der Waals surface area contributed by atoms with Crippen molar-refractivity contribution in [2.75, 3.05) is 18.0 Å². The number of anilines is 1. The van der Waals surface area contributed by atoms with Crippen LogP contribution in [0.5, 0.6) is 0 Å². The van der Waals surface area contributed by atoms with Gasteiger partial charge in [0.25, 0.3) is 0 Å². The van der Waals surface area contributed by atoms with Gasteiger partial charge in [-0.25, -0.2) is 0 Å². The maximum Gasteiger partial charge on any atom is 0.0415 e. The molecule has 1 saturated carbocycles. The van der Waals surface area contributed by atoms with Crippen LogP contribution in [0.1, 0.15) is 51.5 Å². The second-order valence-electron chi connectivity index (χ2n) is 5.73. The summed E-state index contributed by atoms with van der Waals surface area (Å²) < 4.78 is 1.18. The molecule has 0 heterocycles. The molecule has 0 amide bonds. The standard InChI is InChI=1S/C17H27BrN2/c1-3-5-11-20(16-7-8-16)17-9-6-15(18)12-14(17)13-19-10-4-2/h6,9,12,16,19H,3-5,7-8,10-11,13H2,1-2H3. The molecule has 1 aromatic carbocycles. The summed E-state index contributed by atoms with van der Waals surface area (Å²) in [4.78, 5) is 2.64. The summed E-state index contributed by atoms with van der Waals surface area (Å²) in [6.45, 7) is 7.74. The molecule has 112 valence electrons. The number of hydrogen-bond donors (Lipinski definition) is 1. The minimum Gasteiger partial charge on any atom is -0.368 e. The molecule has 1 aliphatic carbocycles. The minimum absolute atomic E-state index is 0.785. The highest BCUT2D eigenvalue weighted by Gasteiger charge is 2.29. The van der Waals surface area contributed by atoms with Gasteiger partial charge in [-0.15, -0.1) is 0 Å². The molecule has 0 aromatic heterocycles. The summed E-state index contributed by atoms with van der Waals surface area (Å²) in [5, 5.41) is 3.54. The molecule has 0 spiro atoms. The van der Waals surface area contributed by atoms with Crippen molar-refractivity contribution in [2.45, 2.75) is 58.5 Å². The molecule has 2 rings (SSSR count). The van der Waals surface area contributed by atoms with E-state index in [1.165, 1.54) is 54.4 Å². The van der Waals surface area contributed by atoms with Crippen molar-refractivity contribution < 1.29 is 0 Å². The van der Waals surface area contributed by atoms with E-state index >= 15 is 0 Å². The van der Waals surface area contributed by atoms with Crippen molar-refractivity contribution in [3.05, 3.63) is 28.2 Å². The zero-order chi connectivity index (χ0) is 14.4. The van der Waals surface area contributed by atoms with Crippen molar-refractivity contribution in [3.63, 3.8) is 0 Å². The van der Waals surface area contributed by atoms with E-state index in [9.17, 15) is 0 Å². The van der Waals surface area contributed by atoms with Crippen LogP contribution in [-0.2, 0) is 6.54 Å². The average Bonchev–Trinajstić information content (AvgIpc) is 3.26. The first kappa shape index (κ1) is 15.8. The van der Waals surface area contributed by atoms with Gasteiger partial charge in [0.05, 0.1) is 0 Å². The number of nitrogens with one attached hydrogen (secondary N) is 1. The molecule has 0 saturated heterocycles. The molecule has 1 aromatic rings. The summed E-state index contributed by atoms with van der Waals surface area (Å²) >= 11 is 3.61. The van der Waals surface area contributed by atoms with Gasteiger partial charge < -0.3 is 10.2 Å². The largest absolute Gasteiger partial charge is 0.368 e. The summed E-state index contributed by atoms with van der Waals surface area (Å²) in [6.07, 6.45) is 6.46. The Balaban J connectivity index is 2.14. The van der Waals surface area contributed by atoms with Gasteiger partial charge in [-0.2, -0.15) is 0 Å². The molecular formula is C17H27BrN2. The van der Waals surface area contributed by atoms with E-state index in [0.29, 0.717) is 0 Å². The highest BCUT2D eigenvalue weighted by Crippen LogP contribution is 2.35. The molecule has 0 aliphatic heterocycles. The lowest BCUT2D eigenvalue weighted by atomic mass is 10.1. The van der Waals surface area contributed by atoms with Crippen LogP contribution >= 0.6 is 15.9 Å². The first-order valence-corrected chi connectivity index (χ1v) is 8.81. The van der Waals surface area contributed by atoms with Crippen molar-refractivity contribution >= 4 is 21.6 Å². The molecule has 0 atom stereocenters. The first-order valence-electron chi connectivity index (χ1n) is 8.02. The summed E-state index contributed by atoms with van der Waals surface area (Å²) in [6, 6.07) is 7.54. The Morgan fingerprint density at radius 3 is 2.70 bits per heavy atom. The SMILES string of the molecule is CCCCN(c1ccc(Br)cc1CNCCC)C1CC1. The van der Waals surface area contributed by atoms with E-state index in [1.54, 1.807) is 0 Å². The van der Waals surface area contributed by atoms with E-state index in [0.717, 1.165) is 19.1 Å². The second kappa shape index (κ2) is 8.04. The van der Waals surface area contributed by atoms with Crippen LogP contribution in [0.25, 0.3) is 0 Å². The van der Waals surface area contributed by atoms with Crippen LogP contribution in [-0.4, -0.2) is 19.1 Å². The van der Waals surface area contributed by atoms with E-state index < -0.39 is 0 Å². The monoisotopic (exact) mass is 338 g/mol. The topological polar surface area (TPSA) is 15.3 Å². The Hall–Kier alpha value is -0.540. The van der Waals surface area contributed by atoms with Gasteiger partial charge >= 0.3 is 0 Å². The molecular weight excluding hydrogens is 312 g/mol. The quantitative estimate of drug-likeness (QED) is 0.655. The van der Waals surface area contributed by atoms with E-state index in [1.807, 2.05) is 0 Å². The van der Waals surface area contributed by atoms with E-state index in [2.05, 4.69) is 58.2 Å². The highest BCUT2D eigenvalue weighted by molar-refractivity contribution is 9.10. The predicted molar refractivity (Wildman–Crippen MR) is 91.4 cm³/mol. The fourth-order valence-corrected chi connectivity index (χ4v) is 3.00. The number of nitrogens with zero attached hydrogens (tertiary/aromatic N) is 1. The molecule has 20 heavy (non-hydrogen) atoms. The second-order valence-corrected chi connectivity index (χ2v) is 6.64. The minimum atomic E-state index is 0.785. The third-order valence-electron chi connectivity index (χ3n) is 3.83. The Kier molecular flexibility index (Phi) is 6.37. The molecule has 2 nitrogen and oxygen atoms in total. The van der Waals surface area contributed by atoms with Gasteiger partial charge in [0, 0.05) is 29.3 Å². The van der Waals surface area contributed by atoms with Crippen molar-refractivity contribution in [1.29, 1.82) is 0 Å². The molecule has 0 unspecified atom stereocenters. The fourth-order valence-electron chi connectivity index (χ4n) is 2.59. The lowest BCUT2D eigenvalue weighted by molar-refractivity contribution is 0.665.